The van der Waals surface area contributed by atoms with Crippen LogP contribution in [0.5, 0.6) is 0 Å². The number of rotatable bonds is 7. The highest BCUT2D eigenvalue weighted by Crippen LogP contribution is 1.83. The summed E-state index contributed by atoms with van der Waals surface area (Å²) in [6.07, 6.45) is 3.64. The Morgan fingerprint density at radius 2 is 2.00 bits per heavy atom. The minimum Gasteiger partial charge on any atom is -0.359 e. The predicted octanol–water partition coefficient (Wildman–Crippen LogP) is -0.185. The SMILES string of the molecule is C=CC(=O)NCCCCNC=O. The van der Waals surface area contributed by atoms with Crippen LogP contribution in [0.1, 0.15) is 12.8 Å². The van der Waals surface area contributed by atoms with E-state index < -0.39 is 0 Å². The summed E-state index contributed by atoms with van der Waals surface area (Å²) in [5.74, 6) is -0.154. The van der Waals surface area contributed by atoms with Crippen molar-refractivity contribution < 1.29 is 9.59 Å². The highest BCUT2D eigenvalue weighted by molar-refractivity contribution is 5.86. The minimum atomic E-state index is -0.154. The van der Waals surface area contributed by atoms with Crippen molar-refractivity contribution in [3.05, 3.63) is 12.7 Å². The smallest absolute Gasteiger partial charge is 0.243 e. The van der Waals surface area contributed by atoms with E-state index in [-0.39, 0.29) is 5.91 Å². The fourth-order valence-corrected chi connectivity index (χ4v) is 0.695. The lowest BCUT2D eigenvalue weighted by atomic mass is 10.3. The van der Waals surface area contributed by atoms with Gasteiger partial charge in [0.1, 0.15) is 0 Å². The third-order valence-corrected chi connectivity index (χ3v) is 1.32. The zero-order valence-electron chi connectivity index (χ0n) is 7.01. The van der Waals surface area contributed by atoms with Gasteiger partial charge in [-0.05, 0) is 18.9 Å². The second-order valence-electron chi connectivity index (χ2n) is 2.27. The molecule has 0 saturated heterocycles. The van der Waals surface area contributed by atoms with Gasteiger partial charge in [-0.1, -0.05) is 6.58 Å². The third kappa shape index (κ3) is 6.80. The first-order valence-electron chi connectivity index (χ1n) is 3.88. The van der Waals surface area contributed by atoms with Crippen LogP contribution >= 0.6 is 0 Å². The molecule has 0 aromatic rings. The molecule has 0 aliphatic rings. The molecule has 2 amide bonds. The van der Waals surface area contributed by atoms with Crippen molar-refractivity contribution in [2.24, 2.45) is 0 Å². The summed E-state index contributed by atoms with van der Waals surface area (Å²) in [6, 6.07) is 0. The molecule has 4 nitrogen and oxygen atoms in total. The first-order chi connectivity index (χ1) is 5.81. The van der Waals surface area contributed by atoms with Gasteiger partial charge in [-0.2, -0.15) is 0 Å². The molecule has 0 fully saturated rings. The molecule has 12 heavy (non-hydrogen) atoms. The molecule has 0 unspecified atom stereocenters. The van der Waals surface area contributed by atoms with Crippen LogP contribution in [0.2, 0.25) is 0 Å². The van der Waals surface area contributed by atoms with Gasteiger partial charge in [-0.15, -0.1) is 0 Å². The van der Waals surface area contributed by atoms with Crippen LogP contribution in [0.3, 0.4) is 0 Å². The summed E-state index contributed by atoms with van der Waals surface area (Å²) in [4.78, 5) is 20.4. The lowest BCUT2D eigenvalue weighted by molar-refractivity contribution is -0.116. The normalized spacial score (nSPS) is 8.67. The molecule has 0 saturated carbocycles. The van der Waals surface area contributed by atoms with E-state index in [0.717, 1.165) is 12.8 Å². The minimum absolute atomic E-state index is 0.154. The summed E-state index contributed by atoms with van der Waals surface area (Å²) in [7, 11) is 0. The van der Waals surface area contributed by atoms with Gasteiger partial charge in [0.25, 0.3) is 0 Å². The summed E-state index contributed by atoms with van der Waals surface area (Å²) in [5, 5.41) is 5.17. The van der Waals surface area contributed by atoms with Crippen LogP contribution in [-0.4, -0.2) is 25.4 Å². The number of amides is 2. The fraction of sp³-hybridized carbons (Fsp3) is 0.500. The van der Waals surface area contributed by atoms with Gasteiger partial charge >= 0.3 is 0 Å². The number of nitrogens with one attached hydrogen (secondary N) is 2. The summed E-state index contributed by atoms with van der Waals surface area (Å²) >= 11 is 0. The summed E-state index contributed by atoms with van der Waals surface area (Å²) in [6.45, 7) is 4.61. The zero-order valence-corrected chi connectivity index (χ0v) is 7.01. The number of carbonyl (C=O) groups excluding carboxylic acids is 2. The first-order valence-corrected chi connectivity index (χ1v) is 3.88. The van der Waals surface area contributed by atoms with Crippen LogP contribution in [0.4, 0.5) is 0 Å². The molecule has 0 aromatic heterocycles. The molecule has 0 aromatic carbocycles. The average molecular weight is 170 g/mol. The van der Waals surface area contributed by atoms with Gasteiger partial charge < -0.3 is 10.6 Å². The van der Waals surface area contributed by atoms with E-state index in [9.17, 15) is 9.59 Å². The molecule has 0 atom stereocenters. The Morgan fingerprint density at radius 1 is 1.33 bits per heavy atom. The number of carbonyl (C=O) groups is 2. The highest BCUT2D eigenvalue weighted by Gasteiger charge is 1.91. The molecule has 0 bridgehead atoms. The Bertz CT molecular complexity index is 157. The largest absolute Gasteiger partial charge is 0.359 e. The average Bonchev–Trinajstić information content (AvgIpc) is 2.10. The summed E-state index contributed by atoms with van der Waals surface area (Å²) < 4.78 is 0. The van der Waals surface area contributed by atoms with Crippen LogP contribution in [0, 0.1) is 0 Å². The lowest BCUT2D eigenvalue weighted by Gasteiger charge is -2.00. The van der Waals surface area contributed by atoms with Gasteiger partial charge in [0.05, 0.1) is 0 Å². The predicted molar refractivity (Wildman–Crippen MR) is 46.5 cm³/mol. The topological polar surface area (TPSA) is 58.2 Å². The Hall–Kier alpha value is -1.32. The maximum Gasteiger partial charge on any atom is 0.243 e. The van der Waals surface area contributed by atoms with Crippen LogP contribution in [-0.2, 0) is 9.59 Å². The Kier molecular flexibility index (Phi) is 6.93. The molecule has 0 radical (unpaired) electrons. The first kappa shape index (κ1) is 10.7. The monoisotopic (exact) mass is 170 g/mol. The van der Waals surface area contributed by atoms with Gasteiger partial charge in [-0.3, -0.25) is 9.59 Å². The van der Waals surface area contributed by atoms with E-state index >= 15 is 0 Å². The third-order valence-electron chi connectivity index (χ3n) is 1.32. The number of hydrogen-bond donors (Lipinski definition) is 2. The maximum absolute atomic E-state index is 10.6. The molecule has 2 N–H and O–H groups in total. The Morgan fingerprint density at radius 3 is 2.58 bits per heavy atom. The molecule has 0 aliphatic heterocycles. The van der Waals surface area contributed by atoms with E-state index in [1.165, 1.54) is 6.08 Å². The van der Waals surface area contributed by atoms with Gasteiger partial charge in [0.15, 0.2) is 0 Å². The lowest BCUT2D eigenvalue weighted by Crippen LogP contribution is -2.23. The van der Waals surface area contributed by atoms with Crippen molar-refractivity contribution in [3.8, 4) is 0 Å². The van der Waals surface area contributed by atoms with Crippen LogP contribution in [0.15, 0.2) is 12.7 Å². The molecule has 0 aliphatic carbocycles. The maximum atomic E-state index is 10.6. The fourth-order valence-electron chi connectivity index (χ4n) is 0.695. The molecule has 68 valence electrons. The zero-order chi connectivity index (χ0) is 9.23. The molecular formula is C8H14N2O2. The van der Waals surface area contributed by atoms with E-state index in [2.05, 4.69) is 17.2 Å². The van der Waals surface area contributed by atoms with Crippen molar-refractivity contribution in [3.63, 3.8) is 0 Å². The quantitative estimate of drug-likeness (QED) is 0.316. The molecule has 0 rings (SSSR count). The van der Waals surface area contributed by atoms with Gasteiger partial charge in [-0.25, -0.2) is 0 Å². The highest BCUT2D eigenvalue weighted by atomic mass is 16.1. The van der Waals surface area contributed by atoms with Crippen molar-refractivity contribution in [1.29, 1.82) is 0 Å². The summed E-state index contributed by atoms with van der Waals surface area (Å²) in [5.41, 5.74) is 0. The Labute approximate surface area is 72.0 Å². The van der Waals surface area contributed by atoms with E-state index in [0.29, 0.717) is 19.5 Å². The van der Waals surface area contributed by atoms with Gasteiger partial charge in [0.2, 0.25) is 12.3 Å². The second kappa shape index (κ2) is 7.78. The molecule has 0 heterocycles. The standard InChI is InChI=1S/C8H14N2O2/c1-2-8(12)10-6-4-3-5-9-7-11/h2,7H,1,3-6H2,(H,9,11)(H,10,12). The van der Waals surface area contributed by atoms with Crippen LogP contribution in [0.25, 0.3) is 0 Å². The Balaban J connectivity index is 3.05. The molecule has 4 heteroatoms. The van der Waals surface area contributed by atoms with E-state index in [1.807, 2.05) is 0 Å². The van der Waals surface area contributed by atoms with Crippen molar-refractivity contribution in [2.45, 2.75) is 12.8 Å². The second-order valence-corrected chi connectivity index (χ2v) is 2.27. The van der Waals surface area contributed by atoms with Gasteiger partial charge in [0, 0.05) is 13.1 Å². The molecular weight excluding hydrogens is 156 g/mol. The molecule has 0 spiro atoms. The van der Waals surface area contributed by atoms with Crippen LogP contribution < -0.4 is 10.6 Å². The number of unbranched alkanes of at least 4 members (excludes halogenated alkanes) is 1. The van der Waals surface area contributed by atoms with Crippen molar-refractivity contribution in [2.75, 3.05) is 13.1 Å². The van der Waals surface area contributed by atoms with Crippen molar-refractivity contribution >= 4 is 12.3 Å². The number of hydrogen-bond acceptors (Lipinski definition) is 2. The van der Waals surface area contributed by atoms with E-state index in [4.69, 9.17) is 0 Å². The van der Waals surface area contributed by atoms with Crippen molar-refractivity contribution in [1.82, 2.24) is 10.6 Å². The van der Waals surface area contributed by atoms with E-state index in [1.54, 1.807) is 0 Å².